The summed E-state index contributed by atoms with van der Waals surface area (Å²) in [5.41, 5.74) is 0.987. The van der Waals surface area contributed by atoms with Crippen LogP contribution in [-0.2, 0) is 11.2 Å². The van der Waals surface area contributed by atoms with Crippen LogP contribution in [0.25, 0.3) is 0 Å². The van der Waals surface area contributed by atoms with Crippen molar-refractivity contribution >= 4 is 46.4 Å². The van der Waals surface area contributed by atoms with Crippen molar-refractivity contribution in [3.8, 4) is 5.75 Å². The maximum Gasteiger partial charge on any atom is 0.228 e. The third-order valence-electron chi connectivity index (χ3n) is 2.58. The Bertz CT molecular complexity index is 642. The van der Waals surface area contributed by atoms with Crippen LogP contribution in [0.4, 0.5) is 5.69 Å². The summed E-state index contributed by atoms with van der Waals surface area (Å²) in [5, 5.41) is 13.3. The lowest BCUT2D eigenvalue weighted by Crippen LogP contribution is -2.14. The number of aromatic hydroxyl groups is 1. The highest BCUT2D eigenvalue weighted by atomic mass is 35.5. The summed E-state index contributed by atoms with van der Waals surface area (Å²) in [5.74, 6) is -0.499. The third-order valence-corrected chi connectivity index (χ3v) is 3.34. The number of anilines is 1. The molecule has 2 aromatic rings. The van der Waals surface area contributed by atoms with Gasteiger partial charge in [0, 0.05) is 10.0 Å². The molecule has 0 atom stereocenters. The van der Waals surface area contributed by atoms with Crippen LogP contribution in [0.3, 0.4) is 0 Å². The van der Waals surface area contributed by atoms with Gasteiger partial charge in [0.15, 0.2) is 5.75 Å². The molecule has 0 saturated carbocycles. The SMILES string of the molecule is O=C(Cc1ccc(Cl)cc1)Nc1cc(Cl)cc(Cl)c1O. The number of carbonyl (C=O) groups is 1. The molecule has 6 heteroatoms. The lowest BCUT2D eigenvalue weighted by molar-refractivity contribution is -0.115. The second-order valence-corrected chi connectivity index (χ2v) is 5.42. The maximum absolute atomic E-state index is 11.9. The fourth-order valence-corrected chi connectivity index (χ4v) is 2.26. The average molecular weight is 331 g/mol. The molecule has 0 unspecified atom stereocenters. The average Bonchev–Trinajstić information content (AvgIpc) is 2.38. The monoisotopic (exact) mass is 329 g/mol. The quantitative estimate of drug-likeness (QED) is 0.812. The number of phenols is 1. The lowest BCUT2D eigenvalue weighted by atomic mass is 10.1. The molecular weight excluding hydrogens is 321 g/mol. The lowest BCUT2D eigenvalue weighted by Gasteiger charge is -2.09. The van der Waals surface area contributed by atoms with Crippen LogP contribution in [-0.4, -0.2) is 11.0 Å². The number of phenolic OH excluding ortho intramolecular Hbond substituents is 1. The van der Waals surface area contributed by atoms with E-state index >= 15 is 0 Å². The summed E-state index contributed by atoms with van der Waals surface area (Å²) in [6.07, 6.45) is 0.154. The van der Waals surface area contributed by atoms with Crippen LogP contribution in [0.15, 0.2) is 36.4 Å². The van der Waals surface area contributed by atoms with E-state index < -0.39 is 0 Å². The van der Waals surface area contributed by atoms with Crippen LogP contribution in [0.5, 0.6) is 5.75 Å². The van der Waals surface area contributed by atoms with Gasteiger partial charge in [0.25, 0.3) is 0 Å². The number of benzene rings is 2. The van der Waals surface area contributed by atoms with Crippen molar-refractivity contribution in [3.05, 3.63) is 57.0 Å². The predicted molar refractivity (Wildman–Crippen MR) is 81.9 cm³/mol. The third kappa shape index (κ3) is 3.79. The van der Waals surface area contributed by atoms with Crippen LogP contribution in [0.1, 0.15) is 5.56 Å². The standard InChI is InChI=1S/C14H10Cl3NO2/c15-9-3-1-8(2-4-9)5-13(19)18-12-7-10(16)6-11(17)14(12)20/h1-4,6-7,20H,5H2,(H,18,19). The van der Waals surface area contributed by atoms with Gasteiger partial charge in [0.2, 0.25) is 5.91 Å². The summed E-state index contributed by atoms with van der Waals surface area (Å²) in [4.78, 5) is 11.9. The van der Waals surface area contributed by atoms with Gasteiger partial charge in [0.05, 0.1) is 17.1 Å². The molecule has 104 valence electrons. The number of halogens is 3. The largest absolute Gasteiger partial charge is 0.504 e. The number of amides is 1. The van der Waals surface area contributed by atoms with Gasteiger partial charge < -0.3 is 10.4 Å². The predicted octanol–water partition coefficient (Wildman–Crippen LogP) is 4.53. The molecule has 0 heterocycles. The van der Waals surface area contributed by atoms with E-state index in [1.807, 2.05) is 0 Å². The van der Waals surface area contributed by atoms with Crippen molar-refractivity contribution in [3.63, 3.8) is 0 Å². The first kappa shape index (κ1) is 15.0. The van der Waals surface area contributed by atoms with Gasteiger partial charge in [-0.05, 0) is 29.8 Å². The van der Waals surface area contributed by atoms with Gasteiger partial charge in [-0.1, -0.05) is 46.9 Å². The zero-order valence-corrected chi connectivity index (χ0v) is 12.4. The Labute approximate surface area is 131 Å². The number of hydrogen-bond acceptors (Lipinski definition) is 2. The molecule has 0 bridgehead atoms. The van der Waals surface area contributed by atoms with Gasteiger partial charge in [-0.3, -0.25) is 4.79 Å². The first-order valence-corrected chi connectivity index (χ1v) is 6.81. The first-order valence-electron chi connectivity index (χ1n) is 5.68. The van der Waals surface area contributed by atoms with Gasteiger partial charge in [0.1, 0.15) is 0 Å². The Balaban J connectivity index is 2.10. The van der Waals surface area contributed by atoms with Crippen molar-refractivity contribution in [2.45, 2.75) is 6.42 Å². The molecule has 0 saturated heterocycles. The van der Waals surface area contributed by atoms with E-state index in [0.717, 1.165) is 5.56 Å². The molecule has 0 aliphatic rings. The normalized spacial score (nSPS) is 10.3. The highest BCUT2D eigenvalue weighted by molar-refractivity contribution is 6.36. The van der Waals surface area contributed by atoms with Crippen LogP contribution >= 0.6 is 34.8 Å². The first-order chi connectivity index (χ1) is 9.45. The van der Waals surface area contributed by atoms with E-state index in [1.165, 1.54) is 12.1 Å². The minimum Gasteiger partial charge on any atom is -0.504 e. The van der Waals surface area contributed by atoms with Gasteiger partial charge >= 0.3 is 0 Å². The van der Waals surface area contributed by atoms with E-state index in [2.05, 4.69) is 5.32 Å². The molecule has 2 N–H and O–H groups in total. The Hall–Kier alpha value is -1.42. The number of hydrogen-bond donors (Lipinski definition) is 2. The summed E-state index contributed by atoms with van der Waals surface area (Å²) >= 11 is 17.4. The highest BCUT2D eigenvalue weighted by Gasteiger charge is 2.11. The number of nitrogens with one attached hydrogen (secondary N) is 1. The molecule has 0 aliphatic heterocycles. The van der Waals surface area contributed by atoms with Crippen molar-refractivity contribution in [2.75, 3.05) is 5.32 Å². The Morgan fingerprint density at radius 1 is 1.05 bits per heavy atom. The zero-order chi connectivity index (χ0) is 14.7. The van der Waals surface area contributed by atoms with Crippen molar-refractivity contribution < 1.29 is 9.90 Å². The fourth-order valence-electron chi connectivity index (χ4n) is 1.64. The van der Waals surface area contributed by atoms with Crippen molar-refractivity contribution in [2.24, 2.45) is 0 Å². The molecular formula is C14H10Cl3NO2. The number of carbonyl (C=O) groups excluding carboxylic acids is 1. The number of rotatable bonds is 3. The molecule has 0 fully saturated rings. The van der Waals surface area contributed by atoms with Gasteiger partial charge in [-0.15, -0.1) is 0 Å². The molecule has 1 amide bonds. The summed E-state index contributed by atoms with van der Waals surface area (Å²) in [6.45, 7) is 0. The molecule has 0 aromatic heterocycles. The van der Waals surface area contributed by atoms with Crippen molar-refractivity contribution in [1.82, 2.24) is 0 Å². The Morgan fingerprint density at radius 2 is 1.70 bits per heavy atom. The topological polar surface area (TPSA) is 49.3 Å². The Kier molecular flexibility index (Phi) is 4.76. The summed E-state index contributed by atoms with van der Waals surface area (Å²) in [6, 6.07) is 9.76. The van der Waals surface area contributed by atoms with Crippen LogP contribution < -0.4 is 5.32 Å². The molecule has 2 aromatic carbocycles. The maximum atomic E-state index is 11.9. The van der Waals surface area contributed by atoms with Gasteiger partial charge in [-0.25, -0.2) is 0 Å². The molecule has 20 heavy (non-hydrogen) atoms. The molecule has 0 radical (unpaired) electrons. The van der Waals surface area contributed by atoms with E-state index in [0.29, 0.717) is 10.0 Å². The Morgan fingerprint density at radius 3 is 2.35 bits per heavy atom. The summed E-state index contributed by atoms with van der Waals surface area (Å²) in [7, 11) is 0. The molecule has 3 nitrogen and oxygen atoms in total. The minimum atomic E-state index is -0.291. The van der Waals surface area contributed by atoms with Crippen molar-refractivity contribution in [1.29, 1.82) is 0 Å². The van der Waals surface area contributed by atoms with E-state index in [-0.39, 0.29) is 28.8 Å². The van der Waals surface area contributed by atoms with Gasteiger partial charge in [-0.2, -0.15) is 0 Å². The zero-order valence-electron chi connectivity index (χ0n) is 10.2. The highest BCUT2D eigenvalue weighted by Crippen LogP contribution is 2.35. The van der Waals surface area contributed by atoms with E-state index in [4.69, 9.17) is 34.8 Å². The fraction of sp³-hybridized carbons (Fsp3) is 0.0714. The van der Waals surface area contributed by atoms with Crippen LogP contribution in [0.2, 0.25) is 15.1 Å². The van der Waals surface area contributed by atoms with E-state index in [1.54, 1.807) is 24.3 Å². The second kappa shape index (κ2) is 6.35. The smallest absolute Gasteiger partial charge is 0.228 e. The molecule has 2 rings (SSSR count). The second-order valence-electron chi connectivity index (χ2n) is 4.14. The van der Waals surface area contributed by atoms with E-state index in [9.17, 15) is 9.90 Å². The molecule has 0 spiro atoms. The summed E-state index contributed by atoms with van der Waals surface area (Å²) < 4.78 is 0. The molecule has 0 aliphatic carbocycles. The minimum absolute atomic E-state index is 0.0827. The van der Waals surface area contributed by atoms with Crippen LogP contribution in [0, 0.1) is 0 Å².